The molecule has 1 saturated heterocycles. The summed E-state index contributed by atoms with van der Waals surface area (Å²) in [6.07, 6.45) is 0. The van der Waals surface area contributed by atoms with Crippen molar-refractivity contribution in [3.05, 3.63) is 27.1 Å². The summed E-state index contributed by atoms with van der Waals surface area (Å²) in [6, 6.07) is 3.40. The molecule has 0 atom stereocenters. The summed E-state index contributed by atoms with van der Waals surface area (Å²) in [5.74, 6) is 2.47. The highest BCUT2D eigenvalue weighted by Gasteiger charge is 2.10. The Bertz CT molecular complexity index is 391. The van der Waals surface area contributed by atoms with Crippen LogP contribution < -0.4 is 5.32 Å². The molecule has 0 saturated carbocycles. The average molecular weight is 287 g/mol. The van der Waals surface area contributed by atoms with E-state index in [1.807, 2.05) is 17.8 Å². The van der Waals surface area contributed by atoms with Crippen LogP contribution in [-0.2, 0) is 6.54 Å². The molecule has 2 rings (SSSR count). The minimum Gasteiger partial charge on any atom is -0.311 e. The van der Waals surface area contributed by atoms with E-state index in [2.05, 4.69) is 10.2 Å². The smallest absolute Gasteiger partial charge is 0.311 e. The highest BCUT2D eigenvalue weighted by atomic mass is 32.2. The maximum absolute atomic E-state index is 10.5. The molecule has 0 unspecified atom stereocenters. The van der Waals surface area contributed by atoms with Gasteiger partial charge in [0.1, 0.15) is 0 Å². The molecule has 0 spiro atoms. The third kappa shape index (κ3) is 4.24. The normalized spacial score (nSPS) is 16.9. The van der Waals surface area contributed by atoms with Crippen LogP contribution in [-0.4, -0.2) is 47.5 Å². The van der Waals surface area contributed by atoms with Crippen molar-refractivity contribution in [2.75, 3.05) is 37.7 Å². The Morgan fingerprint density at radius 3 is 2.83 bits per heavy atom. The predicted octanol–water partition coefficient (Wildman–Crippen LogP) is 1.79. The van der Waals surface area contributed by atoms with Crippen LogP contribution >= 0.6 is 23.1 Å². The molecule has 5 nitrogen and oxygen atoms in total. The van der Waals surface area contributed by atoms with Crippen LogP contribution in [0, 0.1) is 10.1 Å². The van der Waals surface area contributed by atoms with E-state index in [-0.39, 0.29) is 9.92 Å². The van der Waals surface area contributed by atoms with Gasteiger partial charge in [-0.05, 0) is 6.07 Å². The van der Waals surface area contributed by atoms with Crippen molar-refractivity contribution in [2.24, 2.45) is 0 Å². The summed E-state index contributed by atoms with van der Waals surface area (Å²) in [7, 11) is 0. The van der Waals surface area contributed by atoms with Crippen molar-refractivity contribution in [3.8, 4) is 0 Å². The minimum absolute atomic E-state index is 0.222. The second-order valence-electron chi connectivity index (χ2n) is 4.13. The summed E-state index contributed by atoms with van der Waals surface area (Å²) >= 11 is 3.26. The second kappa shape index (κ2) is 7.08. The molecular weight excluding hydrogens is 270 g/mol. The third-order valence-electron chi connectivity index (χ3n) is 2.84. The van der Waals surface area contributed by atoms with Gasteiger partial charge in [0.25, 0.3) is 0 Å². The van der Waals surface area contributed by atoms with Crippen LogP contribution in [0.25, 0.3) is 0 Å². The molecule has 100 valence electrons. The van der Waals surface area contributed by atoms with Crippen molar-refractivity contribution in [1.82, 2.24) is 10.2 Å². The Morgan fingerprint density at radius 2 is 2.17 bits per heavy atom. The summed E-state index contributed by atoms with van der Waals surface area (Å²) in [5.41, 5.74) is 0. The lowest BCUT2D eigenvalue weighted by Crippen LogP contribution is -2.37. The Hall–Kier alpha value is -0.630. The van der Waals surface area contributed by atoms with E-state index in [1.165, 1.54) is 35.9 Å². The number of thioether (sulfide) groups is 1. The lowest BCUT2D eigenvalue weighted by molar-refractivity contribution is -0.380. The first-order chi connectivity index (χ1) is 8.75. The van der Waals surface area contributed by atoms with Crippen molar-refractivity contribution < 1.29 is 4.92 Å². The molecule has 0 bridgehead atoms. The molecule has 2 heterocycles. The summed E-state index contributed by atoms with van der Waals surface area (Å²) < 4.78 is 0. The van der Waals surface area contributed by atoms with Crippen LogP contribution in [0.2, 0.25) is 0 Å². The van der Waals surface area contributed by atoms with E-state index in [0.717, 1.165) is 24.5 Å². The Morgan fingerprint density at radius 1 is 1.39 bits per heavy atom. The monoisotopic (exact) mass is 287 g/mol. The van der Waals surface area contributed by atoms with Crippen LogP contribution in [0.5, 0.6) is 0 Å². The molecule has 7 heteroatoms. The van der Waals surface area contributed by atoms with Gasteiger partial charge >= 0.3 is 5.00 Å². The zero-order valence-corrected chi connectivity index (χ0v) is 11.8. The van der Waals surface area contributed by atoms with Gasteiger partial charge in [-0.25, -0.2) is 0 Å². The fourth-order valence-corrected chi connectivity index (χ4v) is 3.60. The number of hydrogen-bond acceptors (Lipinski definition) is 6. The average Bonchev–Trinajstić information content (AvgIpc) is 2.85. The SMILES string of the molecule is O=[N+]([O-])c1ccc(CNCCN2CCSCC2)s1. The van der Waals surface area contributed by atoms with Gasteiger partial charge in [0.2, 0.25) is 0 Å². The summed E-state index contributed by atoms with van der Waals surface area (Å²) in [4.78, 5) is 13.7. The van der Waals surface area contributed by atoms with E-state index in [9.17, 15) is 10.1 Å². The molecule has 1 N–H and O–H groups in total. The van der Waals surface area contributed by atoms with E-state index in [4.69, 9.17) is 0 Å². The Kier molecular flexibility index (Phi) is 5.43. The van der Waals surface area contributed by atoms with Crippen molar-refractivity contribution in [2.45, 2.75) is 6.54 Å². The molecule has 1 aromatic rings. The highest BCUT2D eigenvalue weighted by Crippen LogP contribution is 2.23. The number of hydrogen-bond donors (Lipinski definition) is 1. The molecule has 0 aromatic carbocycles. The van der Waals surface area contributed by atoms with E-state index >= 15 is 0 Å². The maximum atomic E-state index is 10.5. The first-order valence-electron chi connectivity index (χ1n) is 5.99. The van der Waals surface area contributed by atoms with E-state index in [0.29, 0.717) is 0 Å². The van der Waals surface area contributed by atoms with Crippen LogP contribution in [0.3, 0.4) is 0 Å². The molecule has 18 heavy (non-hydrogen) atoms. The zero-order valence-electron chi connectivity index (χ0n) is 10.1. The first kappa shape index (κ1) is 13.8. The van der Waals surface area contributed by atoms with Crippen LogP contribution in [0.4, 0.5) is 5.00 Å². The summed E-state index contributed by atoms with van der Waals surface area (Å²) in [6.45, 7) is 5.08. The van der Waals surface area contributed by atoms with Gasteiger partial charge in [-0.3, -0.25) is 10.1 Å². The standard InChI is InChI=1S/C11H17N3O2S2/c15-14(16)11-2-1-10(18-11)9-12-3-4-13-5-7-17-8-6-13/h1-2,12H,3-9H2. The maximum Gasteiger partial charge on any atom is 0.324 e. The number of nitro groups is 1. The topological polar surface area (TPSA) is 58.4 Å². The quantitative estimate of drug-likeness (QED) is 0.491. The molecule has 0 aliphatic carbocycles. The molecular formula is C11H17N3O2S2. The van der Waals surface area contributed by atoms with Crippen molar-refractivity contribution in [1.29, 1.82) is 0 Å². The van der Waals surface area contributed by atoms with Gasteiger partial charge in [0.15, 0.2) is 0 Å². The van der Waals surface area contributed by atoms with Crippen LogP contribution in [0.1, 0.15) is 4.88 Å². The van der Waals surface area contributed by atoms with Gasteiger partial charge in [0, 0.05) is 55.2 Å². The Labute approximate surface area is 115 Å². The number of nitrogens with one attached hydrogen (secondary N) is 1. The Balaban J connectivity index is 1.63. The molecule has 0 radical (unpaired) electrons. The lowest BCUT2D eigenvalue weighted by Gasteiger charge is -2.25. The molecule has 1 aliphatic heterocycles. The third-order valence-corrected chi connectivity index (χ3v) is 4.81. The zero-order chi connectivity index (χ0) is 12.8. The van der Waals surface area contributed by atoms with Gasteiger partial charge < -0.3 is 10.2 Å². The van der Waals surface area contributed by atoms with Gasteiger partial charge in [-0.15, -0.1) is 0 Å². The lowest BCUT2D eigenvalue weighted by atomic mass is 10.4. The fourth-order valence-electron chi connectivity index (χ4n) is 1.83. The van der Waals surface area contributed by atoms with E-state index in [1.54, 1.807) is 6.07 Å². The predicted molar refractivity (Wildman–Crippen MR) is 76.4 cm³/mol. The second-order valence-corrected chi connectivity index (χ2v) is 6.50. The van der Waals surface area contributed by atoms with Gasteiger partial charge in [0.05, 0.1) is 4.92 Å². The first-order valence-corrected chi connectivity index (χ1v) is 7.97. The number of nitrogens with zero attached hydrogens (tertiary/aromatic N) is 2. The number of thiophene rings is 1. The molecule has 1 aliphatic rings. The van der Waals surface area contributed by atoms with Crippen LogP contribution in [0.15, 0.2) is 12.1 Å². The molecule has 1 fully saturated rings. The molecule has 0 amide bonds. The van der Waals surface area contributed by atoms with Crippen molar-refractivity contribution in [3.63, 3.8) is 0 Å². The van der Waals surface area contributed by atoms with Gasteiger partial charge in [-0.2, -0.15) is 11.8 Å². The molecule has 1 aromatic heterocycles. The highest BCUT2D eigenvalue weighted by molar-refractivity contribution is 7.99. The minimum atomic E-state index is -0.334. The fraction of sp³-hybridized carbons (Fsp3) is 0.636. The summed E-state index contributed by atoms with van der Waals surface area (Å²) in [5, 5.41) is 14.1. The van der Waals surface area contributed by atoms with Gasteiger partial charge in [-0.1, -0.05) is 11.3 Å². The largest absolute Gasteiger partial charge is 0.324 e. The van der Waals surface area contributed by atoms with E-state index < -0.39 is 0 Å². The van der Waals surface area contributed by atoms with Crippen molar-refractivity contribution >= 4 is 28.1 Å². The number of rotatable bonds is 6.